The van der Waals surface area contributed by atoms with E-state index in [0.29, 0.717) is 23.9 Å². The maximum Gasteiger partial charge on any atom is 0.192 e. The van der Waals surface area contributed by atoms with Gasteiger partial charge in [0.25, 0.3) is 0 Å². The van der Waals surface area contributed by atoms with Gasteiger partial charge in [0.1, 0.15) is 17.7 Å². The predicted octanol–water partition coefficient (Wildman–Crippen LogP) is 3.91. The summed E-state index contributed by atoms with van der Waals surface area (Å²) >= 11 is 0. The van der Waals surface area contributed by atoms with Crippen molar-refractivity contribution in [1.29, 1.82) is 0 Å². The highest BCUT2D eigenvalue weighted by Gasteiger charge is 2.18. The number of fused-ring (bicyclic) bond motifs is 3. The van der Waals surface area contributed by atoms with Crippen LogP contribution in [0.2, 0.25) is 0 Å². The molecule has 10 nitrogen and oxygen atoms in total. The first-order valence-corrected chi connectivity index (χ1v) is 10.7. The van der Waals surface area contributed by atoms with Crippen molar-refractivity contribution in [2.75, 3.05) is 14.2 Å². The second kappa shape index (κ2) is 8.89. The highest BCUT2D eigenvalue weighted by atomic mass is 16.6. The fourth-order valence-electron chi connectivity index (χ4n) is 3.91. The van der Waals surface area contributed by atoms with E-state index in [1.807, 2.05) is 30.3 Å². The molecular formula is C24H24N6O4. The van der Waals surface area contributed by atoms with Crippen molar-refractivity contribution in [1.82, 2.24) is 24.1 Å². The smallest absolute Gasteiger partial charge is 0.192 e. The van der Waals surface area contributed by atoms with Crippen molar-refractivity contribution in [3.05, 3.63) is 71.3 Å². The molecule has 0 unspecified atom stereocenters. The molecule has 5 rings (SSSR count). The van der Waals surface area contributed by atoms with Gasteiger partial charge in [-0.1, -0.05) is 5.16 Å². The molecule has 0 radical (unpaired) electrons. The number of hydrogen-bond donors (Lipinski definition) is 0. The molecule has 0 amide bonds. The first kappa shape index (κ1) is 21.5. The van der Waals surface area contributed by atoms with Crippen LogP contribution in [0.5, 0.6) is 11.5 Å². The van der Waals surface area contributed by atoms with Gasteiger partial charge in [0.15, 0.2) is 29.6 Å². The molecule has 34 heavy (non-hydrogen) atoms. The van der Waals surface area contributed by atoms with Gasteiger partial charge in [0.2, 0.25) is 0 Å². The van der Waals surface area contributed by atoms with E-state index in [9.17, 15) is 0 Å². The molecule has 0 bridgehead atoms. The number of furan rings is 1. The van der Waals surface area contributed by atoms with Gasteiger partial charge in [-0.2, -0.15) is 0 Å². The van der Waals surface area contributed by atoms with E-state index in [1.54, 1.807) is 37.5 Å². The van der Waals surface area contributed by atoms with Crippen molar-refractivity contribution in [3.8, 4) is 11.5 Å². The van der Waals surface area contributed by atoms with E-state index < -0.39 is 0 Å². The minimum atomic E-state index is 0.123. The summed E-state index contributed by atoms with van der Waals surface area (Å²) in [7, 11) is 3.18. The molecule has 0 aliphatic carbocycles. The SMILES string of the molecule is COc1ccc(/C=N\OCc2nc3c4c(C)c(C)n(Cc5ccco5)c4ncn3n2)cc1OC. The molecule has 0 spiro atoms. The lowest BCUT2D eigenvalue weighted by atomic mass is 10.2. The quantitative estimate of drug-likeness (QED) is 0.256. The van der Waals surface area contributed by atoms with Gasteiger partial charge >= 0.3 is 0 Å². The van der Waals surface area contributed by atoms with Crippen LogP contribution in [0.1, 0.15) is 28.4 Å². The number of rotatable bonds is 8. The zero-order chi connectivity index (χ0) is 23.7. The second-order valence-corrected chi connectivity index (χ2v) is 7.74. The molecule has 0 saturated carbocycles. The Morgan fingerprint density at radius 1 is 1.09 bits per heavy atom. The fourth-order valence-corrected chi connectivity index (χ4v) is 3.91. The molecule has 174 valence electrons. The summed E-state index contributed by atoms with van der Waals surface area (Å²) < 4.78 is 19.9. The number of ether oxygens (including phenoxy) is 2. The van der Waals surface area contributed by atoms with Crippen LogP contribution in [0.3, 0.4) is 0 Å². The first-order chi connectivity index (χ1) is 16.6. The standard InChI is InChI=1S/C24H24N6O4/c1-15-16(2)29(12-18-6-5-9-33-18)23-22(15)24-27-21(28-30(24)14-25-23)13-34-26-11-17-7-8-19(31-3)20(10-17)32-4/h5-11,14H,12-13H2,1-4H3/b26-11-. The molecule has 0 saturated heterocycles. The molecule has 4 aromatic heterocycles. The number of hydrogen-bond acceptors (Lipinski definition) is 8. The van der Waals surface area contributed by atoms with Gasteiger partial charge in [-0.15, -0.1) is 5.10 Å². The van der Waals surface area contributed by atoms with Crippen LogP contribution >= 0.6 is 0 Å². The summed E-state index contributed by atoms with van der Waals surface area (Å²) in [5.41, 5.74) is 4.59. The molecule has 0 N–H and O–H groups in total. The van der Waals surface area contributed by atoms with E-state index in [1.165, 1.54) is 0 Å². The second-order valence-electron chi connectivity index (χ2n) is 7.74. The summed E-state index contributed by atoms with van der Waals surface area (Å²) in [5, 5.41) is 9.49. The summed E-state index contributed by atoms with van der Waals surface area (Å²) in [5.74, 6) is 2.65. The number of methoxy groups -OCH3 is 2. The van der Waals surface area contributed by atoms with Gasteiger partial charge in [-0.3, -0.25) is 0 Å². The van der Waals surface area contributed by atoms with E-state index >= 15 is 0 Å². The Labute approximate surface area is 195 Å². The molecule has 0 atom stereocenters. The molecule has 4 heterocycles. The van der Waals surface area contributed by atoms with Crippen LogP contribution in [-0.2, 0) is 18.0 Å². The zero-order valence-electron chi connectivity index (χ0n) is 19.3. The van der Waals surface area contributed by atoms with Crippen molar-refractivity contribution in [2.45, 2.75) is 27.0 Å². The third kappa shape index (κ3) is 3.83. The lowest BCUT2D eigenvalue weighted by Gasteiger charge is -2.07. The number of aryl methyl sites for hydroxylation is 1. The summed E-state index contributed by atoms with van der Waals surface area (Å²) in [6.45, 7) is 4.86. The van der Waals surface area contributed by atoms with Crippen LogP contribution in [0, 0.1) is 13.8 Å². The molecular weight excluding hydrogens is 436 g/mol. The van der Waals surface area contributed by atoms with Crippen molar-refractivity contribution < 1.29 is 18.7 Å². The van der Waals surface area contributed by atoms with Crippen LogP contribution in [0.25, 0.3) is 16.7 Å². The Balaban J connectivity index is 1.37. The zero-order valence-corrected chi connectivity index (χ0v) is 19.3. The molecule has 0 aliphatic heterocycles. The Morgan fingerprint density at radius 3 is 2.71 bits per heavy atom. The Kier molecular flexibility index (Phi) is 5.62. The van der Waals surface area contributed by atoms with Crippen molar-refractivity contribution >= 4 is 22.9 Å². The maximum atomic E-state index is 5.53. The van der Waals surface area contributed by atoms with Gasteiger partial charge in [-0.25, -0.2) is 14.5 Å². The van der Waals surface area contributed by atoms with E-state index in [-0.39, 0.29) is 6.61 Å². The van der Waals surface area contributed by atoms with E-state index in [4.69, 9.17) is 18.7 Å². The third-order valence-electron chi connectivity index (χ3n) is 5.76. The number of oxime groups is 1. The lowest BCUT2D eigenvalue weighted by Crippen LogP contribution is -2.02. The monoisotopic (exact) mass is 460 g/mol. The average Bonchev–Trinajstić information content (AvgIpc) is 3.57. The topological polar surface area (TPSA) is 101 Å². The van der Waals surface area contributed by atoms with E-state index in [2.05, 4.69) is 38.6 Å². The predicted molar refractivity (Wildman–Crippen MR) is 125 cm³/mol. The van der Waals surface area contributed by atoms with Crippen LogP contribution in [0.4, 0.5) is 0 Å². The van der Waals surface area contributed by atoms with Gasteiger partial charge in [0.05, 0.1) is 38.6 Å². The largest absolute Gasteiger partial charge is 0.493 e. The van der Waals surface area contributed by atoms with Gasteiger partial charge < -0.3 is 23.3 Å². The first-order valence-electron chi connectivity index (χ1n) is 10.7. The molecule has 1 aromatic carbocycles. The highest BCUT2D eigenvalue weighted by molar-refractivity contribution is 5.93. The van der Waals surface area contributed by atoms with Crippen LogP contribution < -0.4 is 9.47 Å². The van der Waals surface area contributed by atoms with E-state index in [0.717, 1.165) is 39.3 Å². The van der Waals surface area contributed by atoms with Crippen molar-refractivity contribution in [2.24, 2.45) is 5.16 Å². The third-order valence-corrected chi connectivity index (χ3v) is 5.76. The van der Waals surface area contributed by atoms with Crippen LogP contribution in [-0.4, -0.2) is 44.6 Å². The van der Waals surface area contributed by atoms with Crippen LogP contribution in [0.15, 0.2) is 52.5 Å². The molecule has 0 aliphatic rings. The average molecular weight is 460 g/mol. The Hall–Kier alpha value is -4.34. The Morgan fingerprint density at radius 2 is 1.94 bits per heavy atom. The summed E-state index contributed by atoms with van der Waals surface area (Å²) in [4.78, 5) is 14.8. The molecule has 10 heteroatoms. The van der Waals surface area contributed by atoms with Crippen molar-refractivity contribution in [3.63, 3.8) is 0 Å². The fraction of sp³-hybridized carbons (Fsp3) is 0.250. The summed E-state index contributed by atoms with van der Waals surface area (Å²) in [6, 6.07) is 9.32. The normalized spacial score (nSPS) is 11.6. The van der Waals surface area contributed by atoms with Gasteiger partial charge in [-0.05, 0) is 49.7 Å². The molecule has 0 fully saturated rings. The number of benzene rings is 1. The minimum Gasteiger partial charge on any atom is -0.493 e. The lowest BCUT2D eigenvalue weighted by molar-refractivity contribution is 0.126. The maximum absolute atomic E-state index is 5.53. The molecule has 5 aromatic rings. The number of nitrogens with zero attached hydrogens (tertiary/aromatic N) is 6. The minimum absolute atomic E-state index is 0.123. The summed E-state index contributed by atoms with van der Waals surface area (Å²) in [6.07, 6.45) is 4.94. The highest BCUT2D eigenvalue weighted by Crippen LogP contribution is 2.28. The Bertz CT molecular complexity index is 1480. The number of aromatic nitrogens is 5. The van der Waals surface area contributed by atoms with Gasteiger partial charge in [0, 0.05) is 11.3 Å².